The number of piperazine rings is 1. The number of methoxy groups -OCH3 is 1. The SMILES string of the molecule is COc1ccc(C2=N[C@H](c3ccc(Cl)cc3)[C@H](c3ccc(Cl)cc3)N2C(=O)N2CCN(CCOCCOCCOCCOCCC(=O)NCCn3nc(C#N)c4c3CN(C)C(=O)c3ccc(F)cc3[C@@H](C)Oc3cc-4cnc3N)C(=O)C2)c(OC(C)C)c1. The maximum Gasteiger partial charge on any atom is 0.326 e. The number of ether oxygens (including phenoxy) is 7. The fourth-order valence-corrected chi connectivity index (χ4v) is 10.8. The number of nitrogens with two attached hydrogens (primary N) is 1. The molecule has 9 rings (SSSR count). The van der Waals surface area contributed by atoms with Crippen molar-refractivity contribution in [2.24, 2.45) is 4.99 Å². The number of rotatable bonds is 24. The van der Waals surface area contributed by atoms with E-state index in [9.17, 15) is 24.0 Å². The van der Waals surface area contributed by atoms with E-state index in [4.69, 9.17) is 67.1 Å². The van der Waals surface area contributed by atoms with Gasteiger partial charge in [-0.05, 0) is 92.6 Å². The van der Waals surface area contributed by atoms with Crippen molar-refractivity contribution >= 4 is 58.6 Å². The number of fused-ring (bicyclic) bond motifs is 5. The number of benzene rings is 4. The number of urea groups is 1. The molecule has 0 aliphatic carbocycles. The molecule has 3 atom stereocenters. The Balaban J connectivity index is 0.678. The van der Waals surface area contributed by atoms with E-state index in [-0.39, 0.29) is 112 Å². The van der Waals surface area contributed by atoms with Gasteiger partial charge in [-0.25, -0.2) is 14.2 Å². The molecule has 0 unspecified atom stereocenters. The molecule has 2 aromatic heterocycles. The topological polar surface area (TPSA) is 251 Å². The number of hydrogen-bond acceptors (Lipinski definition) is 16. The highest BCUT2D eigenvalue weighted by molar-refractivity contribution is 6.30. The highest BCUT2D eigenvalue weighted by atomic mass is 35.5. The number of aromatic nitrogens is 3. The van der Waals surface area contributed by atoms with E-state index in [2.05, 4.69) is 21.5 Å². The number of halogens is 3. The lowest BCUT2D eigenvalue weighted by Crippen LogP contribution is -2.56. The first-order chi connectivity index (χ1) is 42.5. The Morgan fingerprint density at radius 1 is 0.841 bits per heavy atom. The minimum Gasteiger partial charge on any atom is -0.497 e. The molecule has 3 N–H and O–H groups in total. The lowest BCUT2D eigenvalue weighted by atomic mass is 9.93. The zero-order valence-electron chi connectivity index (χ0n) is 49.6. The van der Waals surface area contributed by atoms with E-state index in [0.29, 0.717) is 94.8 Å². The van der Waals surface area contributed by atoms with Gasteiger partial charge in [0.2, 0.25) is 11.8 Å². The van der Waals surface area contributed by atoms with Gasteiger partial charge in [-0.3, -0.25) is 29.0 Å². The number of amidine groups is 1. The van der Waals surface area contributed by atoms with E-state index in [1.165, 1.54) is 29.3 Å². The summed E-state index contributed by atoms with van der Waals surface area (Å²) in [6.45, 7) is 8.79. The van der Waals surface area contributed by atoms with Crippen molar-refractivity contribution in [2.45, 2.75) is 64.6 Å². The molecule has 5 amide bonds. The summed E-state index contributed by atoms with van der Waals surface area (Å²) < 4.78 is 56.8. The molecule has 88 heavy (non-hydrogen) atoms. The molecule has 4 aromatic carbocycles. The summed E-state index contributed by atoms with van der Waals surface area (Å²) in [5.41, 5.74) is 10.4. The Morgan fingerprint density at radius 2 is 1.50 bits per heavy atom. The third-order valence-corrected chi connectivity index (χ3v) is 15.4. The molecule has 2 bridgehead atoms. The van der Waals surface area contributed by atoms with Crippen LogP contribution in [-0.2, 0) is 41.6 Å². The quantitative estimate of drug-likeness (QED) is 0.0540. The van der Waals surface area contributed by atoms with Crippen LogP contribution in [0.4, 0.5) is 15.0 Å². The second kappa shape index (κ2) is 30.0. The average molecular weight is 1250 g/mol. The van der Waals surface area contributed by atoms with Crippen molar-refractivity contribution in [3.63, 3.8) is 0 Å². The van der Waals surface area contributed by atoms with E-state index in [1.54, 1.807) is 82.9 Å². The van der Waals surface area contributed by atoms with Crippen LogP contribution < -0.4 is 25.3 Å². The summed E-state index contributed by atoms with van der Waals surface area (Å²) in [7, 11) is 3.17. The molecule has 0 radical (unpaired) electrons. The number of nitriles is 1. The highest BCUT2D eigenvalue weighted by Gasteiger charge is 2.46. The number of anilines is 1. The molecule has 0 spiro atoms. The van der Waals surface area contributed by atoms with Gasteiger partial charge in [0.15, 0.2) is 17.3 Å². The minimum atomic E-state index is -0.775. The number of carbonyl (C=O) groups excluding carboxylic acids is 4. The number of amides is 5. The number of nitrogens with one attached hydrogen (secondary N) is 1. The molecule has 3 aliphatic rings. The van der Waals surface area contributed by atoms with Crippen molar-refractivity contribution < 1.29 is 56.7 Å². The first-order valence-electron chi connectivity index (χ1n) is 28.9. The monoisotopic (exact) mass is 1250 g/mol. The molecule has 3 aliphatic heterocycles. The molecule has 1 saturated heterocycles. The number of nitrogens with zero attached hydrogens (tertiary/aromatic N) is 9. The predicted molar refractivity (Wildman–Crippen MR) is 326 cm³/mol. The summed E-state index contributed by atoms with van der Waals surface area (Å²) in [6.07, 6.45) is 0.594. The zero-order valence-corrected chi connectivity index (χ0v) is 51.1. The Bertz CT molecular complexity index is 3530. The molecule has 1 fully saturated rings. The summed E-state index contributed by atoms with van der Waals surface area (Å²) in [4.78, 5) is 71.4. The fraction of sp³-hybridized carbons (Fsp3) is 0.397. The van der Waals surface area contributed by atoms with Crippen LogP contribution in [0.3, 0.4) is 0 Å². The summed E-state index contributed by atoms with van der Waals surface area (Å²) in [5, 5.41) is 18.7. The van der Waals surface area contributed by atoms with Crippen LogP contribution in [0.15, 0.2) is 102 Å². The van der Waals surface area contributed by atoms with Gasteiger partial charge in [0.1, 0.15) is 47.9 Å². The lowest BCUT2D eigenvalue weighted by molar-refractivity contribution is -0.135. The normalized spacial score (nSPS) is 16.7. The number of carbonyl (C=O) groups is 4. The number of pyridine rings is 1. The van der Waals surface area contributed by atoms with Crippen LogP contribution in [0.1, 0.15) is 89.4 Å². The van der Waals surface area contributed by atoms with Crippen molar-refractivity contribution in [3.05, 3.63) is 152 Å². The molecule has 0 saturated carbocycles. The first-order valence-corrected chi connectivity index (χ1v) is 29.6. The van der Waals surface area contributed by atoms with E-state index in [0.717, 1.165) is 11.1 Å². The smallest absolute Gasteiger partial charge is 0.326 e. The largest absolute Gasteiger partial charge is 0.497 e. The lowest BCUT2D eigenvalue weighted by Gasteiger charge is -2.38. The standard InChI is InChI=1S/C63H70Cl2FN11O11/c1-39(2)87-53-34-47(82-5)15-17-49(53)61-71-58(41-6-10-44(64)11-7-41)59(42-8-12-45(65)13-9-42)77(61)63(81)75-22-21-74(56(79)38-75)23-25-84-27-29-86-31-30-85-28-26-83-24-18-55(78)69-19-20-76-52-37-73(4)62(80)48-16-14-46(66)33-50(48)40(3)88-54-32-43(36-70-60(54)68)57(52)51(35-67)72-76/h6-17,32-34,36,39-40,58-59H,18-31,37-38H2,1-5H3,(H2,68,70)(H,69,78)/t40-,58-,59+/m1/s1. The van der Waals surface area contributed by atoms with Crippen LogP contribution in [0, 0.1) is 17.1 Å². The Morgan fingerprint density at radius 3 is 2.16 bits per heavy atom. The summed E-state index contributed by atoms with van der Waals surface area (Å²) in [6, 6.07) is 26.2. The second-order valence-electron chi connectivity index (χ2n) is 21.2. The molecular formula is C63H70Cl2FN11O11. The molecule has 25 heteroatoms. The molecule has 6 aromatic rings. The molecule has 464 valence electrons. The highest BCUT2D eigenvalue weighted by Crippen LogP contribution is 2.46. The Kier molecular flexibility index (Phi) is 21.9. The molecular weight excluding hydrogens is 1180 g/mol. The first kappa shape index (κ1) is 64.1. The van der Waals surface area contributed by atoms with Crippen LogP contribution in [0.2, 0.25) is 10.0 Å². The Hall–Kier alpha value is -8.37. The minimum absolute atomic E-state index is 0.0160. The van der Waals surface area contributed by atoms with Crippen LogP contribution in [0.25, 0.3) is 11.1 Å². The van der Waals surface area contributed by atoms with Gasteiger partial charge in [0.25, 0.3) is 5.91 Å². The molecule has 5 heterocycles. The number of aliphatic imine (C=N–C) groups is 1. The summed E-state index contributed by atoms with van der Waals surface area (Å²) >= 11 is 12.7. The van der Waals surface area contributed by atoms with Crippen molar-refractivity contribution in [1.29, 1.82) is 5.26 Å². The van der Waals surface area contributed by atoms with Gasteiger partial charge in [0, 0.05) is 84.2 Å². The number of hydrogen-bond donors (Lipinski definition) is 2. The van der Waals surface area contributed by atoms with E-state index >= 15 is 4.79 Å². The van der Waals surface area contributed by atoms with Crippen molar-refractivity contribution in [3.8, 4) is 34.4 Å². The van der Waals surface area contributed by atoms with Gasteiger partial charge in [-0.15, -0.1) is 0 Å². The summed E-state index contributed by atoms with van der Waals surface area (Å²) in [5.74, 6) is 0.278. The fourth-order valence-electron chi connectivity index (χ4n) is 10.5. The van der Waals surface area contributed by atoms with Gasteiger partial charge < -0.3 is 58.9 Å². The Labute approximate surface area is 519 Å². The maximum atomic E-state index is 15.1. The number of nitrogen functional groups attached to an aromatic ring is 1. The predicted octanol–water partition coefficient (Wildman–Crippen LogP) is 8.45. The third-order valence-electron chi connectivity index (χ3n) is 14.9. The zero-order chi connectivity index (χ0) is 62.4. The van der Waals surface area contributed by atoms with E-state index < -0.39 is 29.9 Å². The van der Waals surface area contributed by atoms with E-state index in [1.807, 2.05) is 44.2 Å². The molecule has 22 nitrogen and oxygen atoms in total. The average Bonchev–Trinajstić information content (AvgIpc) is 2.05. The van der Waals surface area contributed by atoms with Gasteiger partial charge in [-0.2, -0.15) is 10.4 Å². The van der Waals surface area contributed by atoms with Crippen LogP contribution >= 0.6 is 23.2 Å². The van der Waals surface area contributed by atoms with Crippen molar-refractivity contribution in [1.82, 2.24) is 39.7 Å². The van der Waals surface area contributed by atoms with Gasteiger partial charge in [0.05, 0.1) is 96.5 Å². The van der Waals surface area contributed by atoms with Crippen LogP contribution in [0.5, 0.6) is 17.2 Å². The maximum absolute atomic E-state index is 15.1. The van der Waals surface area contributed by atoms with Crippen molar-refractivity contribution in [2.75, 3.05) is 105 Å². The van der Waals surface area contributed by atoms with Gasteiger partial charge in [-0.1, -0.05) is 47.5 Å². The van der Waals surface area contributed by atoms with Gasteiger partial charge >= 0.3 is 6.03 Å². The van der Waals surface area contributed by atoms with Crippen LogP contribution in [-0.4, -0.2) is 170 Å². The second-order valence-corrected chi connectivity index (χ2v) is 22.1. The third kappa shape index (κ3) is 15.7.